The van der Waals surface area contributed by atoms with E-state index < -0.39 is 210 Å². The number of nitrogens with one attached hydrogen (secondary N) is 14. The summed E-state index contributed by atoms with van der Waals surface area (Å²) in [4.78, 5) is 217. The number of carboxylic acids is 1. The monoisotopic (exact) mass is 1640 g/mol. The van der Waals surface area contributed by atoms with E-state index in [1.807, 2.05) is 0 Å². The van der Waals surface area contributed by atoms with Crippen LogP contribution in [0.15, 0.2) is 121 Å². The first-order chi connectivity index (χ1) is 54.9. The number of hydrogen-bond acceptors (Lipinski definition) is 23. The maximum atomic E-state index is 15.4. The molecule has 1 fully saturated rings. The van der Waals surface area contributed by atoms with Crippen molar-refractivity contribution in [3.63, 3.8) is 0 Å². The zero-order valence-corrected chi connectivity index (χ0v) is 65.4. The van der Waals surface area contributed by atoms with Crippen molar-refractivity contribution in [2.75, 3.05) is 37.7 Å². The number of aliphatic hydroxyl groups excluding tert-OH is 3. The topological polar surface area (TPSA) is 613 Å². The van der Waals surface area contributed by atoms with Crippen LogP contribution >= 0.6 is 21.6 Å². The lowest BCUT2D eigenvalue weighted by atomic mass is 10.00. The smallest absolute Gasteiger partial charge is 0.327 e. The SMILES string of the molecule is C[C@H](N)C(=O)NCC(=O)N[C@@H]1CSSC[C@@H](C(=O)O)NC(=O)[C@H](CO)NC(=O)[C@H]([C@@H](C)O)NC(=O)[C@@H](Cc2ccccc2)NC(=O)[C@H]([C@@H](C)O)NC(=O)[C@H](CCCCN)NC(=O)[C@H](Cc2c[nH]c3ccccc23)NC(=O)[C@H](Cc2ccccc2)NC(=O)[C@H](Cc2ccccc2)NC(=O)[C@H](CC(N)=O)NC(=O)[C@@H](CCCCN)NC1=O. The van der Waals surface area contributed by atoms with Gasteiger partial charge in [-0.15, -0.1) is 0 Å². The number of rotatable bonds is 26. The Morgan fingerprint density at radius 1 is 0.470 bits per heavy atom. The van der Waals surface area contributed by atoms with Crippen LogP contribution in [0.1, 0.15) is 88.0 Å². The van der Waals surface area contributed by atoms with Crippen LogP contribution in [0, 0.1) is 0 Å². The highest BCUT2D eigenvalue weighted by molar-refractivity contribution is 8.76. The molecule has 0 spiro atoms. The van der Waals surface area contributed by atoms with E-state index >= 15 is 14.4 Å². The summed E-state index contributed by atoms with van der Waals surface area (Å²) in [5.74, 6) is -17.7. The molecule has 2 heterocycles. The Balaban J connectivity index is 1.47. The van der Waals surface area contributed by atoms with Crippen molar-refractivity contribution in [3.05, 3.63) is 144 Å². The lowest BCUT2D eigenvalue weighted by Gasteiger charge is -2.29. The molecular formula is C76H104N18O19S2. The average Bonchev–Trinajstić information content (AvgIpc) is 1.71. The van der Waals surface area contributed by atoms with Gasteiger partial charge in [0.1, 0.15) is 72.5 Å². The van der Waals surface area contributed by atoms with Gasteiger partial charge in [-0.3, -0.25) is 67.1 Å². The Bertz CT molecular complexity index is 4130. The summed E-state index contributed by atoms with van der Waals surface area (Å²) in [7, 11) is 1.49. The third-order valence-electron chi connectivity index (χ3n) is 18.3. The van der Waals surface area contributed by atoms with Gasteiger partial charge in [-0.2, -0.15) is 0 Å². The summed E-state index contributed by atoms with van der Waals surface area (Å²) in [5, 5.41) is 76.1. The molecule has 1 aliphatic rings. The minimum Gasteiger partial charge on any atom is -0.480 e. The number of aliphatic hydroxyl groups is 3. The predicted molar refractivity (Wildman–Crippen MR) is 425 cm³/mol. The number of carbonyl (C=O) groups is 15. The Morgan fingerprint density at radius 3 is 1.30 bits per heavy atom. The third kappa shape index (κ3) is 30.7. The Labute approximate surface area is 670 Å². The lowest BCUT2D eigenvalue weighted by molar-refractivity contribution is -0.142. The van der Waals surface area contributed by atoms with Gasteiger partial charge in [0, 0.05) is 54.3 Å². The number of amides is 14. The molecule has 6 rings (SSSR count). The van der Waals surface area contributed by atoms with Crippen LogP contribution in [0.25, 0.3) is 10.9 Å². The molecule has 5 aromatic rings. The Morgan fingerprint density at radius 2 is 0.852 bits per heavy atom. The van der Waals surface area contributed by atoms with Gasteiger partial charge in [0.05, 0.1) is 37.8 Å². The van der Waals surface area contributed by atoms with Gasteiger partial charge in [0.2, 0.25) is 82.7 Å². The van der Waals surface area contributed by atoms with Crippen LogP contribution in [0.5, 0.6) is 0 Å². The number of para-hydroxylation sites is 1. The maximum absolute atomic E-state index is 15.4. The van der Waals surface area contributed by atoms with Crippen LogP contribution in [0.3, 0.4) is 0 Å². The number of aromatic amines is 1. The fourth-order valence-electron chi connectivity index (χ4n) is 11.9. The highest BCUT2D eigenvalue weighted by Crippen LogP contribution is 2.25. The quantitative estimate of drug-likeness (QED) is 0.0182. The number of carboxylic acid groups (broad SMARTS) is 1. The Kier molecular flexibility index (Phi) is 38.4. The molecule has 1 aromatic heterocycles. The predicted octanol–water partition coefficient (Wildman–Crippen LogP) is -4.91. The summed E-state index contributed by atoms with van der Waals surface area (Å²) >= 11 is 0. The van der Waals surface area contributed by atoms with E-state index in [1.54, 1.807) is 121 Å². The van der Waals surface area contributed by atoms with Gasteiger partial charge in [-0.25, -0.2) is 4.79 Å². The van der Waals surface area contributed by atoms with E-state index in [0.717, 1.165) is 35.4 Å². The molecule has 37 nitrogen and oxygen atoms in total. The molecule has 0 radical (unpaired) electrons. The van der Waals surface area contributed by atoms with Gasteiger partial charge in [0.15, 0.2) is 0 Å². The second kappa shape index (κ2) is 47.6. The van der Waals surface area contributed by atoms with Gasteiger partial charge in [0.25, 0.3) is 0 Å². The molecule has 14 amide bonds. The zero-order chi connectivity index (χ0) is 84.3. The van der Waals surface area contributed by atoms with Gasteiger partial charge in [-0.1, -0.05) is 131 Å². The van der Waals surface area contributed by atoms with E-state index in [2.05, 4.69) is 74.1 Å². The van der Waals surface area contributed by atoms with Gasteiger partial charge in [-0.05, 0) is 101 Å². The highest BCUT2D eigenvalue weighted by atomic mass is 33.1. The molecule has 115 heavy (non-hydrogen) atoms. The fraction of sp³-hybridized carbons (Fsp3) is 0.461. The van der Waals surface area contributed by atoms with Crippen molar-refractivity contribution in [3.8, 4) is 0 Å². The highest BCUT2D eigenvalue weighted by Gasteiger charge is 2.40. The molecule has 4 aromatic carbocycles. The molecule has 26 N–H and O–H groups in total. The minimum atomic E-state index is -1.99. The van der Waals surface area contributed by atoms with E-state index in [4.69, 9.17) is 22.9 Å². The molecule has 0 aliphatic carbocycles. The molecule has 39 heteroatoms. The molecule has 1 saturated heterocycles. The number of nitrogens with two attached hydrogens (primary N) is 4. The van der Waals surface area contributed by atoms with Crippen LogP contribution in [0.2, 0.25) is 0 Å². The maximum Gasteiger partial charge on any atom is 0.327 e. The first-order valence-electron chi connectivity index (χ1n) is 37.4. The standard InChI is InChI=1S/C76H104N18O19S2/c1-41(79)64(100)82-37-61(99)83-58-39-114-115-40-59(76(112)113)92-72(108)57(38-95)91-75(111)63(43(3)97)94-71(107)54(33-46-23-11-6-12-24-46)90-74(110)62(42(2)96)93-66(102)51(28-16-18-30-78)84-69(105)55(34-47-36-81-49-26-14-13-25-48(47)49)88-68(104)53(32-45-21-9-5-10-22-45)86-67(103)52(31-44-19-7-4-8-20-44)87-70(106)56(35-60(80)98)89-65(101)50(85-73(58)109)27-15-17-29-77/h4-14,19-26,36,41-43,50-59,62-63,81,95-97H,15-18,27-35,37-40,77-79H2,1-3H3,(H2,80,98)(H,82,100)(H,83,99)(H,84,105)(H,85,109)(H,86,103)(H,87,106)(H,88,104)(H,89,101)(H,90,110)(H,91,111)(H,92,108)(H,93,102)(H,94,107)(H,112,113)/t41-,42+,43+,50+,51-,52-,53-,54+,55-,56-,57-,58+,59-,62-,63-/m0/s1. The lowest BCUT2D eigenvalue weighted by Crippen LogP contribution is -2.63. The van der Waals surface area contributed by atoms with Crippen LogP contribution in [0.4, 0.5) is 0 Å². The van der Waals surface area contributed by atoms with Crippen molar-refractivity contribution in [1.29, 1.82) is 0 Å². The van der Waals surface area contributed by atoms with Crippen molar-refractivity contribution in [2.45, 2.75) is 182 Å². The van der Waals surface area contributed by atoms with E-state index in [1.165, 1.54) is 6.92 Å². The number of aliphatic carboxylic acids is 1. The number of primary amides is 1. The summed E-state index contributed by atoms with van der Waals surface area (Å²) < 4.78 is 0. The van der Waals surface area contributed by atoms with Crippen LogP contribution in [-0.2, 0) is 97.6 Å². The summed E-state index contributed by atoms with van der Waals surface area (Å²) in [5.41, 5.74) is 25.6. The van der Waals surface area contributed by atoms with Crippen molar-refractivity contribution < 1.29 is 92.3 Å². The van der Waals surface area contributed by atoms with Crippen molar-refractivity contribution in [2.24, 2.45) is 22.9 Å². The van der Waals surface area contributed by atoms with Crippen molar-refractivity contribution >= 4 is 121 Å². The normalized spacial score (nSPS) is 23.7. The largest absolute Gasteiger partial charge is 0.480 e. The number of H-pyrrole nitrogens is 1. The van der Waals surface area contributed by atoms with Gasteiger partial charge >= 0.3 is 5.97 Å². The molecule has 15 atom stereocenters. The molecule has 0 bridgehead atoms. The van der Waals surface area contributed by atoms with Gasteiger partial charge < -0.3 is 117 Å². The van der Waals surface area contributed by atoms with Crippen LogP contribution < -0.4 is 92.1 Å². The molecule has 0 saturated carbocycles. The average molecular weight is 1640 g/mol. The second-order valence-electron chi connectivity index (χ2n) is 27.6. The number of hydrogen-bond donors (Lipinski definition) is 22. The number of unbranched alkanes of at least 4 members (excludes halogenated alkanes) is 2. The molecule has 0 unspecified atom stereocenters. The molecule has 624 valence electrons. The second-order valence-corrected chi connectivity index (χ2v) is 30.1. The minimum absolute atomic E-state index is 0.104. The van der Waals surface area contributed by atoms with Crippen LogP contribution in [-0.4, -0.2) is 243 Å². The van der Waals surface area contributed by atoms with E-state index in [0.29, 0.717) is 39.6 Å². The number of benzene rings is 4. The Hall–Kier alpha value is -11.1. The summed E-state index contributed by atoms with van der Waals surface area (Å²) in [6.45, 7) is 1.88. The summed E-state index contributed by atoms with van der Waals surface area (Å²) in [6, 6.07) is 9.57. The number of carbonyl (C=O) groups excluding carboxylic acids is 14. The molecular weight excluding hydrogens is 1530 g/mol. The van der Waals surface area contributed by atoms with E-state index in [-0.39, 0.29) is 70.9 Å². The first kappa shape index (κ1) is 92.8. The third-order valence-corrected chi connectivity index (χ3v) is 20.7. The number of aromatic nitrogens is 1. The number of fused-ring (bicyclic) bond motifs is 1. The first-order valence-corrected chi connectivity index (χ1v) is 39.8. The molecule has 1 aliphatic heterocycles. The fourth-order valence-corrected chi connectivity index (χ4v) is 14.3. The summed E-state index contributed by atoms with van der Waals surface area (Å²) in [6.07, 6.45) is -3.48. The van der Waals surface area contributed by atoms with E-state index in [9.17, 15) is 78.0 Å². The van der Waals surface area contributed by atoms with Crippen molar-refractivity contribution in [1.82, 2.24) is 74.1 Å². The zero-order valence-electron chi connectivity index (χ0n) is 63.8.